The van der Waals surface area contributed by atoms with E-state index in [9.17, 15) is 13.2 Å². The number of fused-ring (bicyclic) bond motifs is 5. The Labute approximate surface area is 224 Å². The topological polar surface area (TPSA) is 105 Å². The molecule has 0 aliphatic heterocycles. The quantitative estimate of drug-likeness (QED) is 0.334. The van der Waals surface area contributed by atoms with E-state index in [1.54, 1.807) is 0 Å². The lowest BCUT2D eigenvalue weighted by molar-refractivity contribution is -0.141. The third kappa shape index (κ3) is 5.81. The molecule has 0 aromatic rings. The molecule has 0 radical (unpaired) electrons. The zero-order valence-electron chi connectivity index (χ0n) is 23.6. The number of carbonyl (C=O) groups is 1. The van der Waals surface area contributed by atoms with Gasteiger partial charge in [0.25, 0.3) is 0 Å². The molecule has 0 aromatic heterocycles. The molecular weight excluding hydrogens is 488 g/mol. The Balaban J connectivity index is 1.59. The SMILES string of the molecule is COC(=O)CC[C@@H](C)[C@H]1CCC2C3C(CC[C@@]21C)[C@@]1(C)CCC(C=NCCO)CC1C[C@H]3NS(C)(=O)=O. The minimum atomic E-state index is -3.32. The Hall–Kier alpha value is -0.990. The standard InChI is InChI=1S/C29H50N2O5S/c1-19(6-9-26(33)36-4)22-7-8-23-27-24(11-13-29(22,23)3)28(2)12-10-20(18-30-14-15-32)16-21(28)17-25(27)31-37(5,34)35/h18-25,27,31-32H,6-17H2,1-5H3/t19-,20?,21?,22-,23?,24?,25-,27?,28+,29-/m1/s1. The zero-order valence-corrected chi connectivity index (χ0v) is 24.4. The molecule has 212 valence electrons. The lowest BCUT2D eigenvalue weighted by Crippen LogP contribution is -2.61. The van der Waals surface area contributed by atoms with Gasteiger partial charge in [0.2, 0.25) is 10.0 Å². The minimum Gasteiger partial charge on any atom is -0.469 e. The van der Waals surface area contributed by atoms with Crippen molar-refractivity contribution >= 4 is 22.2 Å². The number of nitrogens with zero attached hydrogens (tertiary/aromatic N) is 1. The first kappa shape index (κ1) is 29.0. The van der Waals surface area contributed by atoms with Crippen LogP contribution < -0.4 is 4.72 Å². The number of ether oxygens (including phenoxy) is 1. The monoisotopic (exact) mass is 538 g/mol. The maximum Gasteiger partial charge on any atom is 0.305 e. The second-order valence-corrected chi connectivity index (χ2v) is 15.1. The zero-order chi connectivity index (χ0) is 27.0. The van der Waals surface area contributed by atoms with Crippen LogP contribution in [0.4, 0.5) is 0 Å². The van der Waals surface area contributed by atoms with Crippen LogP contribution in [0.25, 0.3) is 0 Å². The molecule has 8 heteroatoms. The molecule has 0 aromatic carbocycles. The van der Waals surface area contributed by atoms with Crippen molar-refractivity contribution in [3.63, 3.8) is 0 Å². The molecule has 4 fully saturated rings. The van der Waals surface area contributed by atoms with Crippen LogP contribution in [0.15, 0.2) is 4.99 Å². The average molecular weight is 539 g/mol. The molecule has 7 nitrogen and oxygen atoms in total. The number of carbonyl (C=O) groups excluding carboxylic acids is 1. The van der Waals surface area contributed by atoms with Crippen LogP contribution >= 0.6 is 0 Å². The van der Waals surface area contributed by atoms with Gasteiger partial charge < -0.3 is 9.84 Å². The largest absolute Gasteiger partial charge is 0.469 e. The van der Waals surface area contributed by atoms with Gasteiger partial charge in [0.05, 0.1) is 26.5 Å². The Morgan fingerprint density at radius 2 is 1.84 bits per heavy atom. The maximum absolute atomic E-state index is 12.6. The number of rotatable bonds is 9. The summed E-state index contributed by atoms with van der Waals surface area (Å²) in [5.74, 6) is 3.19. The molecule has 4 aliphatic carbocycles. The Kier molecular flexibility index (Phi) is 8.81. The maximum atomic E-state index is 12.6. The van der Waals surface area contributed by atoms with Gasteiger partial charge in [0.15, 0.2) is 0 Å². The second kappa shape index (κ2) is 11.2. The molecule has 0 heterocycles. The van der Waals surface area contributed by atoms with Crippen LogP contribution in [0, 0.1) is 52.3 Å². The van der Waals surface area contributed by atoms with E-state index in [4.69, 9.17) is 9.84 Å². The average Bonchev–Trinajstić information content (AvgIpc) is 3.19. The highest BCUT2D eigenvalue weighted by Crippen LogP contribution is 2.68. The van der Waals surface area contributed by atoms with Crippen LogP contribution in [-0.2, 0) is 19.6 Å². The van der Waals surface area contributed by atoms with E-state index in [-0.39, 0.29) is 29.4 Å². The third-order valence-corrected chi connectivity index (χ3v) is 12.2. The van der Waals surface area contributed by atoms with Gasteiger partial charge in [0, 0.05) is 18.7 Å². The summed E-state index contributed by atoms with van der Waals surface area (Å²) in [6.45, 7) is 7.82. The number of aliphatic hydroxyl groups is 1. The third-order valence-electron chi connectivity index (χ3n) is 11.5. The smallest absolute Gasteiger partial charge is 0.305 e. The summed E-state index contributed by atoms with van der Waals surface area (Å²) in [4.78, 5) is 16.2. The van der Waals surface area contributed by atoms with Crippen molar-refractivity contribution in [2.24, 2.45) is 57.2 Å². The van der Waals surface area contributed by atoms with Crippen molar-refractivity contribution in [2.75, 3.05) is 26.5 Å². The van der Waals surface area contributed by atoms with Crippen LogP contribution in [-0.4, -0.2) is 58.3 Å². The first-order valence-corrected chi connectivity index (χ1v) is 16.5. The van der Waals surface area contributed by atoms with Crippen molar-refractivity contribution in [1.29, 1.82) is 0 Å². The van der Waals surface area contributed by atoms with E-state index >= 15 is 0 Å². The highest BCUT2D eigenvalue weighted by molar-refractivity contribution is 7.88. The molecule has 0 spiro atoms. The summed E-state index contributed by atoms with van der Waals surface area (Å²) in [7, 11) is -1.86. The van der Waals surface area contributed by atoms with Crippen molar-refractivity contribution in [2.45, 2.75) is 91.0 Å². The van der Waals surface area contributed by atoms with Gasteiger partial charge in [-0.05, 0) is 110 Å². The van der Waals surface area contributed by atoms with Gasteiger partial charge in [-0.3, -0.25) is 9.79 Å². The first-order valence-electron chi connectivity index (χ1n) is 14.6. The fourth-order valence-electron chi connectivity index (χ4n) is 9.74. The fraction of sp³-hybridized carbons (Fsp3) is 0.931. The Morgan fingerprint density at radius 1 is 1.14 bits per heavy atom. The van der Waals surface area contributed by atoms with Gasteiger partial charge in [-0.15, -0.1) is 0 Å². The molecule has 10 atom stereocenters. The molecule has 5 unspecified atom stereocenters. The van der Waals surface area contributed by atoms with Gasteiger partial charge in [-0.2, -0.15) is 0 Å². The van der Waals surface area contributed by atoms with Crippen molar-refractivity contribution in [1.82, 2.24) is 4.72 Å². The highest BCUT2D eigenvalue weighted by Gasteiger charge is 2.63. The molecule has 4 saturated carbocycles. The molecule has 0 saturated heterocycles. The predicted molar refractivity (Wildman–Crippen MR) is 147 cm³/mol. The molecule has 37 heavy (non-hydrogen) atoms. The number of aliphatic hydroxyl groups excluding tert-OH is 1. The van der Waals surface area contributed by atoms with Gasteiger partial charge in [-0.1, -0.05) is 20.8 Å². The number of hydrogen-bond acceptors (Lipinski definition) is 6. The molecule has 4 aliphatic rings. The van der Waals surface area contributed by atoms with Gasteiger partial charge in [-0.25, -0.2) is 13.1 Å². The van der Waals surface area contributed by atoms with Crippen molar-refractivity contribution < 1.29 is 23.1 Å². The van der Waals surface area contributed by atoms with E-state index < -0.39 is 10.0 Å². The number of methoxy groups -OCH3 is 1. The molecule has 4 rings (SSSR count). The molecule has 0 amide bonds. The first-order chi connectivity index (χ1) is 17.4. The molecule has 0 bridgehead atoms. The summed E-state index contributed by atoms with van der Waals surface area (Å²) in [6, 6.07) is -0.0139. The van der Waals surface area contributed by atoms with Crippen LogP contribution in [0.3, 0.4) is 0 Å². The minimum absolute atomic E-state index is 0.0139. The van der Waals surface area contributed by atoms with Gasteiger partial charge in [0.1, 0.15) is 0 Å². The van der Waals surface area contributed by atoms with E-state index in [1.807, 2.05) is 0 Å². The second-order valence-electron chi connectivity index (χ2n) is 13.4. The van der Waals surface area contributed by atoms with E-state index in [1.165, 1.54) is 32.6 Å². The van der Waals surface area contributed by atoms with E-state index in [2.05, 4.69) is 36.7 Å². The lowest BCUT2D eigenvalue weighted by Gasteiger charge is -2.63. The number of aliphatic imine (C=N–C) groups is 1. The van der Waals surface area contributed by atoms with Crippen LogP contribution in [0.1, 0.15) is 85.0 Å². The summed E-state index contributed by atoms with van der Waals surface area (Å²) in [5, 5.41) is 9.11. The Morgan fingerprint density at radius 3 is 2.51 bits per heavy atom. The van der Waals surface area contributed by atoms with Crippen molar-refractivity contribution in [3.05, 3.63) is 0 Å². The van der Waals surface area contributed by atoms with Gasteiger partial charge >= 0.3 is 5.97 Å². The lowest BCUT2D eigenvalue weighted by atomic mass is 9.43. The van der Waals surface area contributed by atoms with E-state index in [0.29, 0.717) is 54.4 Å². The number of hydrogen-bond donors (Lipinski definition) is 2. The van der Waals surface area contributed by atoms with E-state index in [0.717, 1.165) is 38.5 Å². The number of esters is 1. The highest BCUT2D eigenvalue weighted by atomic mass is 32.2. The summed E-state index contributed by atoms with van der Waals surface area (Å²) >= 11 is 0. The summed E-state index contributed by atoms with van der Waals surface area (Å²) in [6.07, 6.45) is 13.7. The fourth-order valence-corrected chi connectivity index (χ4v) is 10.5. The molecular formula is C29H50N2O5S. The summed E-state index contributed by atoms with van der Waals surface area (Å²) < 4.78 is 33.2. The normalized spacial score (nSPS) is 42.6. The molecule has 2 N–H and O–H groups in total. The number of nitrogens with one attached hydrogen (secondary N) is 1. The Bertz CT molecular complexity index is 954. The van der Waals surface area contributed by atoms with Crippen LogP contribution in [0.2, 0.25) is 0 Å². The summed E-state index contributed by atoms with van der Waals surface area (Å²) in [5.41, 5.74) is 0.420. The predicted octanol–water partition coefficient (Wildman–Crippen LogP) is 4.44. The number of sulfonamides is 1. The van der Waals surface area contributed by atoms with Crippen molar-refractivity contribution in [3.8, 4) is 0 Å². The van der Waals surface area contributed by atoms with Crippen LogP contribution in [0.5, 0.6) is 0 Å².